The maximum absolute atomic E-state index is 13.9. The molecule has 156 valence electrons. The van der Waals surface area contributed by atoms with Crippen LogP contribution in [-0.2, 0) is 0 Å². The first-order chi connectivity index (χ1) is 13.8. The number of hydrogen-bond acceptors (Lipinski definition) is 1. The molecule has 1 aliphatic heterocycles. The summed E-state index contributed by atoms with van der Waals surface area (Å²) in [5, 5.41) is 0. The van der Waals surface area contributed by atoms with Gasteiger partial charge in [-0.05, 0) is 55.0 Å². The van der Waals surface area contributed by atoms with E-state index in [-0.39, 0.29) is 12.1 Å². The molecule has 0 bridgehead atoms. The molecule has 1 heterocycles. The van der Waals surface area contributed by atoms with Crippen LogP contribution in [0.2, 0.25) is 0 Å². The van der Waals surface area contributed by atoms with Crippen molar-refractivity contribution in [3.05, 3.63) is 72.3 Å². The molecule has 0 aromatic heterocycles. The summed E-state index contributed by atoms with van der Waals surface area (Å²) < 4.78 is 53.5. The lowest BCUT2D eigenvalue weighted by Gasteiger charge is -2.14. The molecule has 0 amide bonds. The number of halogens is 4. The third kappa shape index (κ3) is 4.72. The highest BCUT2D eigenvalue weighted by molar-refractivity contribution is 5.70. The Labute approximate surface area is 170 Å². The summed E-state index contributed by atoms with van der Waals surface area (Å²) in [5.41, 5.74) is 1.75. The predicted octanol–water partition coefficient (Wildman–Crippen LogP) is 6.51. The fourth-order valence-electron chi connectivity index (χ4n) is 4.13. The summed E-state index contributed by atoms with van der Waals surface area (Å²) in [6.07, 6.45) is 3.51. The Kier molecular flexibility index (Phi) is 6.47. The van der Waals surface area contributed by atoms with Gasteiger partial charge in [-0.25, -0.2) is 17.6 Å². The van der Waals surface area contributed by atoms with Crippen molar-refractivity contribution in [1.82, 2.24) is 4.90 Å². The lowest BCUT2D eigenvalue weighted by Crippen LogP contribution is -2.26. The minimum Gasteiger partial charge on any atom is -0.300 e. The van der Waals surface area contributed by atoms with Gasteiger partial charge in [-0.2, -0.15) is 0 Å². The van der Waals surface area contributed by atoms with Gasteiger partial charge in [0, 0.05) is 12.5 Å². The van der Waals surface area contributed by atoms with Crippen LogP contribution in [0.1, 0.15) is 31.2 Å². The van der Waals surface area contributed by atoms with Gasteiger partial charge in [0.05, 0.1) is 12.1 Å². The average Bonchev–Trinajstić information content (AvgIpc) is 3.40. The molecule has 0 spiro atoms. The topological polar surface area (TPSA) is 3.24 Å². The maximum atomic E-state index is 13.9. The van der Waals surface area contributed by atoms with Gasteiger partial charge in [-0.3, -0.25) is 0 Å². The van der Waals surface area contributed by atoms with Gasteiger partial charge in [-0.15, -0.1) is 6.58 Å². The number of allylic oxidation sites excluding steroid dienone is 1. The van der Waals surface area contributed by atoms with Gasteiger partial charge >= 0.3 is 0 Å². The van der Waals surface area contributed by atoms with Gasteiger partial charge < -0.3 is 4.90 Å². The molecule has 1 nitrogen and oxygen atoms in total. The Balaban J connectivity index is 0.000000204. The Morgan fingerprint density at radius 2 is 1.76 bits per heavy atom. The van der Waals surface area contributed by atoms with E-state index in [9.17, 15) is 17.6 Å². The fourth-order valence-corrected chi connectivity index (χ4v) is 4.13. The highest BCUT2D eigenvalue weighted by Gasteiger charge is 2.45. The Hall–Kier alpha value is -2.14. The lowest BCUT2D eigenvalue weighted by molar-refractivity contribution is -0.0268. The molecule has 0 N–H and O–H groups in total. The zero-order valence-electron chi connectivity index (χ0n) is 16.8. The first-order valence-corrected chi connectivity index (χ1v) is 10.0. The van der Waals surface area contributed by atoms with E-state index in [4.69, 9.17) is 0 Å². The number of benzene rings is 2. The van der Waals surface area contributed by atoms with Crippen molar-refractivity contribution >= 4 is 0 Å². The van der Waals surface area contributed by atoms with Crippen LogP contribution in [0, 0.1) is 23.5 Å². The van der Waals surface area contributed by atoms with E-state index in [1.807, 2.05) is 31.2 Å². The molecule has 2 aromatic rings. The smallest absolute Gasteiger partial charge is 0.264 e. The normalized spacial score (nSPS) is 25.2. The van der Waals surface area contributed by atoms with Gasteiger partial charge in [0.15, 0.2) is 0 Å². The molecule has 1 saturated heterocycles. The summed E-state index contributed by atoms with van der Waals surface area (Å²) in [4.78, 5) is 1.69. The molecule has 1 saturated carbocycles. The number of alkyl halides is 2. The quantitative estimate of drug-likeness (QED) is 0.414. The lowest BCUT2D eigenvalue weighted by atomic mass is 9.95. The van der Waals surface area contributed by atoms with Crippen molar-refractivity contribution in [2.45, 2.75) is 31.6 Å². The zero-order chi connectivity index (χ0) is 21.2. The number of rotatable bonds is 4. The van der Waals surface area contributed by atoms with Crippen LogP contribution in [0.4, 0.5) is 17.6 Å². The molecular weight excluding hydrogens is 378 g/mol. The number of nitrogens with zero attached hydrogens (tertiary/aromatic N) is 1. The van der Waals surface area contributed by atoms with Crippen molar-refractivity contribution in [1.29, 1.82) is 0 Å². The van der Waals surface area contributed by atoms with E-state index in [1.54, 1.807) is 18.0 Å². The van der Waals surface area contributed by atoms with E-state index in [2.05, 4.69) is 6.58 Å². The highest BCUT2D eigenvalue weighted by atomic mass is 19.3. The van der Waals surface area contributed by atoms with Crippen LogP contribution in [0.25, 0.3) is 11.1 Å². The molecule has 2 aromatic carbocycles. The van der Waals surface area contributed by atoms with Crippen LogP contribution in [-0.4, -0.2) is 31.0 Å². The van der Waals surface area contributed by atoms with E-state index < -0.39 is 23.5 Å². The molecule has 5 heteroatoms. The Morgan fingerprint density at radius 1 is 1.10 bits per heavy atom. The van der Waals surface area contributed by atoms with Gasteiger partial charge in [-0.1, -0.05) is 43.3 Å². The van der Waals surface area contributed by atoms with Crippen LogP contribution in [0.5, 0.6) is 0 Å². The average molecular weight is 405 g/mol. The van der Waals surface area contributed by atoms with Crippen molar-refractivity contribution in [3.8, 4) is 11.1 Å². The zero-order valence-corrected chi connectivity index (χ0v) is 16.8. The molecule has 2 aliphatic rings. The largest absolute Gasteiger partial charge is 0.300 e. The summed E-state index contributed by atoms with van der Waals surface area (Å²) in [6, 6.07) is 11.5. The van der Waals surface area contributed by atoms with Gasteiger partial charge in [0.25, 0.3) is 5.92 Å². The second kappa shape index (κ2) is 8.70. The monoisotopic (exact) mass is 405 g/mol. The molecule has 29 heavy (non-hydrogen) atoms. The molecule has 2 fully saturated rings. The number of likely N-dealkylation sites (tertiary alicyclic amines) is 1. The summed E-state index contributed by atoms with van der Waals surface area (Å²) in [7, 11) is 1.74. The summed E-state index contributed by atoms with van der Waals surface area (Å²) in [5.74, 6) is -3.11. The standard InChI is InChI=1S/C17H14F2.C7H13F2N/c1-2-11-10-14(11)12-6-3-4-7-13(12)17-15(18)8-5-9-16(17)19;1-3-6-4-10(2)5-7(6,8)9/h2-9,11,14H,1,10H2;6H,3-5H2,1-2H3. The molecule has 1 aliphatic carbocycles. The number of hydrogen-bond donors (Lipinski definition) is 0. The van der Waals surface area contributed by atoms with Gasteiger partial charge in [0.1, 0.15) is 11.6 Å². The van der Waals surface area contributed by atoms with Gasteiger partial charge in [0.2, 0.25) is 0 Å². The second-order valence-corrected chi connectivity index (χ2v) is 7.99. The Bertz CT molecular complexity index is 843. The minimum absolute atomic E-state index is 0.0640. The summed E-state index contributed by atoms with van der Waals surface area (Å²) in [6.45, 7) is 6.09. The third-order valence-corrected chi connectivity index (χ3v) is 5.84. The van der Waals surface area contributed by atoms with E-state index in [0.29, 0.717) is 30.4 Å². The Morgan fingerprint density at radius 3 is 2.24 bits per heavy atom. The van der Waals surface area contributed by atoms with Crippen molar-refractivity contribution in [3.63, 3.8) is 0 Å². The molecule has 3 unspecified atom stereocenters. The van der Waals surface area contributed by atoms with Crippen LogP contribution >= 0.6 is 0 Å². The summed E-state index contributed by atoms with van der Waals surface area (Å²) >= 11 is 0. The SMILES string of the molecule is C=CC1CC1c1ccccc1-c1c(F)cccc1F.CCC1CN(C)CC1(F)F. The predicted molar refractivity (Wildman–Crippen MR) is 109 cm³/mol. The van der Waals surface area contributed by atoms with Crippen LogP contribution < -0.4 is 0 Å². The van der Waals surface area contributed by atoms with E-state index in [0.717, 1.165) is 12.0 Å². The highest BCUT2D eigenvalue weighted by Crippen LogP contribution is 2.51. The maximum Gasteiger partial charge on any atom is 0.264 e. The second-order valence-electron chi connectivity index (χ2n) is 7.99. The van der Waals surface area contributed by atoms with Crippen LogP contribution in [0.3, 0.4) is 0 Å². The molecule has 3 atom stereocenters. The van der Waals surface area contributed by atoms with Crippen LogP contribution in [0.15, 0.2) is 55.1 Å². The van der Waals surface area contributed by atoms with Crippen molar-refractivity contribution < 1.29 is 17.6 Å². The minimum atomic E-state index is -2.44. The van der Waals surface area contributed by atoms with E-state index in [1.165, 1.54) is 18.2 Å². The molecular formula is C24H27F4N. The molecule has 0 radical (unpaired) electrons. The fraction of sp³-hybridized carbons (Fsp3) is 0.417. The van der Waals surface area contributed by atoms with Crippen molar-refractivity contribution in [2.75, 3.05) is 20.1 Å². The first kappa shape index (κ1) is 21.6. The van der Waals surface area contributed by atoms with E-state index >= 15 is 0 Å². The first-order valence-electron chi connectivity index (χ1n) is 10.0. The third-order valence-electron chi connectivity index (χ3n) is 5.84. The van der Waals surface area contributed by atoms with Crippen molar-refractivity contribution in [2.24, 2.45) is 11.8 Å². The molecule has 4 rings (SSSR count).